The quantitative estimate of drug-likeness (QED) is 0.669. The number of methoxy groups -OCH3 is 1. The van der Waals surface area contributed by atoms with Gasteiger partial charge in [-0.25, -0.2) is 9.97 Å². The normalized spacial score (nSPS) is 13.8. The summed E-state index contributed by atoms with van der Waals surface area (Å²) in [7, 11) is 1.60. The van der Waals surface area contributed by atoms with Gasteiger partial charge in [0.05, 0.1) is 29.5 Å². The number of rotatable bonds is 3. The molecule has 1 aromatic carbocycles. The molecule has 0 radical (unpaired) electrons. The molecule has 6 nitrogen and oxygen atoms in total. The molecule has 0 amide bonds. The average Bonchev–Trinajstić information content (AvgIpc) is 3.03. The number of ether oxygens (including phenoxy) is 1. The molecule has 1 aliphatic heterocycles. The van der Waals surface area contributed by atoms with Gasteiger partial charge in [-0.05, 0) is 31.0 Å². The zero-order chi connectivity index (χ0) is 17.6. The number of carbonyl (C=O) groups is 1. The third-order valence-corrected chi connectivity index (χ3v) is 4.85. The molecule has 0 fully saturated rings. The molecule has 0 atom stereocenters. The van der Waals surface area contributed by atoms with Crippen LogP contribution in [0.4, 0.5) is 11.6 Å². The van der Waals surface area contributed by atoms with Crippen LogP contribution >= 0.6 is 11.6 Å². The van der Waals surface area contributed by atoms with Gasteiger partial charge < -0.3 is 14.2 Å². The fourth-order valence-electron chi connectivity index (χ4n) is 3.37. The molecule has 2 aromatic heterocycles. The van der Waals surface area contributed by atoms with Gasteiger partial charge >= 0.3 is 0 Å². The topological polar surface area (TPSA) is 60.2 Å². The summed E-state index contributed by atoms with van der Waals surface area (Å²) in [4.78, 5) is 22.7. The van der Waals surface area contributed by atoms with Gasteiger partial charge in [0.25, 0.3) is 0 Å². The minimum absolute atomic E-state index is 0.548. The Morgan fingerprint density at radius 3 is 2.88 bits per heavy atom. The molecule has 0 saturated carbocycles. The molecule has 25 heavy (non-hydrogen) atoms. The number of aromatic nitrogens is 3. The number of pyridine rings is 1. The lowest BCUT2D eigenvalue weighted by molar-refractivity contribution is 0.112. The predicted octanol–water partition coefficient (Wildman–Crippen LogP) is 3.76. The summed E-state index contributed by atoms with van der Waals surface area (Å²) in [6, 6.07) is 5.36. The number of hydrogen-bond acceptors (Lipinski definition) is 5. The van der Waals surface area contributed by atoms with Crippen LogP contribution in [0.15, 0.2) is 24.4 Å². The first-order chi connectivity index (χ1) is 12.1. The number of hydrogen-bond donors (Lipinski definition) is 0. The summed E-state index contributed by atoms with van der Waals surface area (Å²) < 4.78 is 7.26. The maximum absolute atomic E-state index is 11.5. The van der Waals surface area contributed by atoms with Crippen LogP contribution in [0, 0.1) is 6.92 Å². The zero-order valence-corrected chi connectivity index (χ0v) is 14.7. The predicted molar refractivity (Wildman–Crippen MR) is 97.3 cm³/mol. The Bertz CT molecular complexity index is 983. The third-order valence-electron chi connectivity index (χ3n) is 4.55. The number of aldehydes is 1. The highest BCUT2D eigenvalue weighted by atomic mass is 35.5. The van der Waals surface area contributed by atoms with Crippen molar-refractivity contribution >= 4 is 40.6 Å². The van der Waals surface area contributed by atoms with Crippen molar-refractivity contribution in [3.63, 3.8) is 0 Å². The molecule has 3 aromatic rings. The lowest BCUT2D eigenvalue weighted by Gasteiger charge is -2.30. The molecule has 7 heteroatoms. The summed E-state index contributed by atoms with van der Waals surface area (Å²) in [6.45, 7) is 3.64. The summed E-state index contributed by atoms with van der Waals surface area (Å²) in [5.41, 5.74) is 4.08. The van der Waals surface area contributed by atoms with E-state index >= 15 is 0 Å². The van der Waals surface area contributed by atoms with Gasteiger partial charge in [0.2, 0.25) is 11.8 Å². The highest BCUT2D eigenvalue weighted by molar-refractivity contribution is 6.35. The average molecular weight is 357 g/mol. The first-order valence-corrected chi connectivity index (χ1v) is 8.44. The second-order valence-electron chi connectivity index (χ2n) is 6.03. The summed E-state index contributed by atoms with van der Waals surface area (Å²) in [5.74, 6) is 1.37. The van der Waals surface area contributed by atoms with Crippen LogP contribution in [0.2, 0.25) is 5.02 Å². The molecular weight excluding hydrogens is 340 g/mol. The number of carbonyl (C=O) groups excluding carboxylic acids is 1. The first kappa shape index (κ1) is 15.9. The molecule has 0 saturated heterocycles. The smallest absolute Gasteiger partial charge is 0.213 e. The number of halogens is 1. The van der Waals surface area contributed by atoms with E-state index < -0.39 is 0 Å². The monoisotopic (exact) mass is 356 g/mol. The maximum atomic E-state index is 11.5. The number of fused-ring (bicyclic) bond motifs is 3. The standard InChI is InChI=1S/C18H17ClN4O2/c1-11-8-15(25-2)20-9-14(11)22-6-3-7-23-17-12(10-24)4-5-13(19)16(17)21-18(22)23/h4-5,8-10H,3,6-7H2,1-2H3. The van der Waals surface area contributed by atoms with Crippen molar-refractivity contribution in [3.8, 4) is 5.88 Å². The number of benzene rings is 1. The lowest BCUT2D eigenvalue weighted by Crippen LogP contribution is -2.29. The first-order valence-electron chi connectivity index (χ1n) is 8.06. The fraction of sp³-hybridized carbons (Fsp3) is 0.278. The molecule has 3 heterocycles. The van der Waals surface area contributed by atoms with Gasteiger partial charge in [0.1, 0.15) is 5.52 Å². The zero-order valence-electron chi connectivity index (χ0n) is 14.0. The van der Waals surface area contributed by atoms with Crippen LogP contribution in [0.1, 0.15) is 22.3 Å². The second kappa shape index (κ2) is 6.04. The van der Waals surface area contributed by atoms with Crippen molar-refractivity contribution in [1.29, 1.82) is 0 Å². The van der Waals surface area contributed by atoms with Crippen LogP contribution in [0.3, 0.4) is 0 Å². The molecule has 0 N–H and O–H groups in total. The minimum Gasteiger partial charge on any atom is -0.481 e. The minimum atomic E-state index is 0.548. The van der Waals surface area contributed by atoms with E-state index in [1.807, 2.05) is 13.0 Å². The highest BCUT2D eigenvalue weighted by Crippen LogP contribution is 2.37. The molecule has 128 valence electrons. The summed E-state index contributed by atoms with van der Waals surface area (Å²) in [6.07, 6.45) is 3.59. The number of aryl methyl sites for hydroxylation is 2. The maximum Gasteiger partial charge on any atom is 0.213 e. The second-order valence-corrected chi connectivity index (χ2v) is 6.44. The number of imidazole rings is 1. The lowest BCUT2D eigenvalue weighted by atomic mass is 10.2. The van der Waals surface area contributed by atoms with Crippen molar-refractivity contribution in [1.82, 2.24) is 14.5 Å². The Kier molecular flexibility index (Phi) is 3.84. The van der Waals surface area contributed by atoms with Gasteiger partial charge in [0.15, 0.2) is 6.29 Å². The van der Waals surface area contributed by atoms with E-state index in [4.69, 9.17) is 21.3 Å². The van der Waals surface area contributed by atoms with Crippen LogP contribution < -0.4 is 9.64 Å². The molecule has 0 unspecified atom stereocenters. The molecule has 1 aliphatic rings. The number of anilines is 2. The van der Waals surface area contributed by atoms with E-state index in [9.17, 15) is 4.79 Å². The molecule has 0 bridgehead atoms. The van der Waals surface area contributed by atoms with Gasteiger partial charge in [-0.2, -0.15) is 0 Å². The van der Waals surface area contributed by atoms with Crippen LogP contribution in [0.25, 0.3) is 11.0 Å². The Balaban J connectivity index is 1.92. The molecule has 4 rings (SSSR count). The van der Waals surface area contributed by atoms with Gasteiger partial charge in [-0.15, -0.1) is 0 Å². The van der Waals surface area contributed by atoms with E-state index in [2.05, 4.69) is 14.5 Å². The van der Waals surface area contributed by atoms with Crippen molar-refractivity contribution in [3.05, 3.63) is 40.5 Å². The van der Waals surface area contributed by atoms with Crippen LogP contribution in [-0.2, 0) is 6.54 Å². The van der Waals surface area contributed by atoms with E-state index in [-0.39, 0.29) is 0 Å². The Labute approximate surface area is 150 Å². The van der Waals surface area contributed by atoms with Gasteiger partial charge in [-0.1, -0.05) is 11.6 Å². The van der Waals surface area contributed by atoms with Gasteiger partial charge in [-0.3, -0.25) is 4.79 Å². The Morgan fingerprint density at radius 2 is 2.16 bits per heavy atom. The molecular formula is C18H17ClN4O2. The SMILES string of the molecule is COc1cc(C)c(N2CCCn3c2nc2c(Cl)ccc(C=O)c23)cn1. The summed E-state index contributed by atoms with van der Waals surface area (Å²) >= 11 is 6.33. The largest absolute Gasteiger partial charge is 0.481 e. The highest BCUT2D eigenvalue weighted by Gasteiger charge is 2.26. The van der Waals surface area contributed by atoms with E-state index in [0.29, 0.717) is 22.0 Å². The summed E-state index contributed by atoms with van der Waals surface area (Å²) in [5, 5.41) is 0.548. The van der Waals surface area contributed by atoms with E-state index in [1.54, 1.807) is 25.4 Å². The van der Waals surface area contributed by atoms with E-state index in [0.717, 1.165) is 48.5 Å². The van der Waals surface area contributed by atoms with Crippen LogP contribution in [-0.4, -0.2) is 34.5 Å². The molecule has 0 aliphatic carbocycles. The molecule has 0 spiro atoms. The number of nitrogens with zero attached hydrogens (tertiary/aromatic N) is 4. The third kappa shape index (κ3) is 2.44. The van der Waals surface area contributed by atoms with Crippen molar-refractivity contribution in [2.24, 2.45) is 0 Å². The Hall–Kier alpha value is -2.60. The van der Waals surface area contributed by atoms with Crippen molar-refractivity contribution in [2.75, 3.05) is 18.6 Å². The Morgan fingerprint density at radius 1 is 1.32 bits per heavy atom. The van der Waals surface area contributed by atoms with E-state index in [1.165, 1.54) is 0 Å². The van der Waals surface area contributed by atoms with Crippen molar-refractivity contribution in [2.45, 2.75) is 19.9 Å². The van der Waals surface area contributed by atoms with Crippen LogP contribution in [0.5, 0.6) is 5.88 Å². The fourth-order valence-corrected chi connectivity index (χ4v) is 3.56. The van der Waals surface area contributed by atoms with Crippen molar-refractivity contribution < 1.29 is 9.53 Å². The van der Waals surface area contributed by atoms with Gasteiger partial charge in [0, 0.05) is 24.7 Å².